The van der Waals surface area contributed by atoms with Gasteiger partial charge in [0.25, 0.3) is 5.56 Å². The van der Waals surface area contributed by atoms with Crippen LogP contribution in [0.25, 0.3) is 11.0 Å². The molecule has 0 fully saturated rings. The lowest BCUT2D eigenvalue weighted by Gasteiger charge is -2.01. The summed E-state index contributed by atoms with van der Waals surface area (Å²) in [7, 11) is 0. The van der Waals surface area contributed by atoms with E-state index in [0.717, 1.165) is 4.47 Å². The second kappa shape index (κ2) is 5.82. The standard InChI is InChI=1S/C13H9BrN4O2S/c14-8-3-1-7(2-4-8)10(19)6-21-13-16-11-9(5-15-18-11)12(20)17-13/h1-5H,6H2,(H2,15,16,17,18,20). The maximum Gasteiger partial charge on any atom is 0.262 e. The number of rotatable bonds is 4. The van der Waals surface area contributed by atoms with Crippen LogP contribution in [0.15, 0.2) is 44.9 Å². The number of carbonyl (C=O) groups is 1. The first-order valence-corrected chi connectivity index (χ1v) is 7.76. The largest absolute Gasteiger partial charge is 0.301 e. The van der Waals surface area contributed by atoms with Gasteiger partial charge < -0.3 is 4.98 Å². The lowest BCUT2D eigenvalue weighted by Crippen LogP contribution is -2.09. The normalized spacial score (nSPS) is 10.9. The lowest BCUT2D eigenvalue weighted by molar-refractivity contribution is 0.102. The van der Waals surface area contributed by atoms with Crippen LogP contribution in [0.4, 0.5) is 0 Å². The van der Waals surface area contributed by atoms with Gasteiger partial charge in [0.1, 0.15) is 5.39 Å². The van der Waals surface area contributed by atoms with Crippen molar-refractivity contribution in [2.24, 2.45) is 0 Å². The van der Waals surface area contributed by atoms with E-state index in [9.17, 15) is 9.59 Å². The first-order chi connectivity index (χ1) is 10.1. The summed E-state index contributed by atoms with van der Waals surface area (Å²) in [5.41, 5.74) is 0.764. The van der Waals surface area contributed by atoms with E-state index in [1.54, 1.807) is 12.1 Å². The molecule has 6 nitrogen and oxygen atoms in total. The number of hydrogen-bond acceptors (Lipinski definition) is 5. The van der Waals surface area contributed by atoms with Gasteiger partial charge in [0, 0.05) is 10.0 Å². The highest BCUT2D eigenvalue weighted by Gasteiger charge is 2.10. The average molecular weight is 365 g/mol. The van der Waals surface area contributed by atoms with E-state index in [4.69, 9.17) is 0 Å². The van der Waals surface area contributed by atoms with Crippen LogP contribution >= 0.6 is 27.7 Å². The summed E-state index contributed by atoms with van der Waals surface area (Å²) in [5.74, 6) is 0.171. The Labute approximate surface area is 131 Å². The third-order valence-electron chi connectivity index (χ3n) is 2.80. The highest BCUT2D eigenvalue weighted by Crippen LogP contribution is 2.17. The van der Waals surface area contributed by atoms with Crippen molar-refractivity contribution in [1.29, 1.82) is 0 Å². The number of aromatic nitrogens is 4. The summed E-state index contributed by atoms with van der Waals surface area (Å²) >= 11 is 4.51. The van der Waals surface area contributed by atoms with Crippen LogP contribution < -0.4 is 5.56 Å². The van der Waals surface area contributed by atoms with Crippen LogP contribution in [0.2, 0.25) is 0 Å². The predicted molar refractivity (Wildman–Crippen MR) is 83.7 cm³/mol. The fourth-order valence-electron chi connectivity index (χ4n) is 1.75. The van der Waals surface area contributed by atoms with Gasteiger partial charge in [-0.25, -0.2) is 4.98 Å². The van der Waals surface area contributed by atoms with E-state index in [0.29, 0.717) is 21.8 Å². The highest BCUT2D eigenvalue weighted by atomic mass is 79.9. The minimum atomic E-state index is -0.271. The minimum absolute atomic E-state index is 0.0279. The number of nitrogens with zero attached hydrogens (tertiary/aromatic N) is 2. The van der Waals surface area contributed by atoms with Gasteiger partial charge in [0.2, 0.25) is 0 Å². The number of halogens is 1. The van der Waals surface area contributed by atoms with E-state index in [-0.39, 0.29) is 17.1 Å². The van der Waals surface area contributed by atoms with Crippen molar-refractivity contribution in [2.75, 3.05) is 5.75 Å². The maximum atomic E-state index is 12.1. The molecule has 1 aromatic carbocycles. The molecule has 2 aromatic heterocycles. The van der Waals surface area contributed by atoms with Gasteiger partial charge >= 0.3 is 0 Å². The van der Waals surface area contributed by atoms with Gasteiger partial charge in [-0.3, -0.25) is 14.7 Å². The SMILES string of the molecule is O=C(CSc1nc2[nH]ncc2c(=O)[nH]1)c1ccc(Br)cc1. The number of aromatic amines is 2. The van der Waals surface area contributed by atoms with Gasteiger partial charge in [-0.1, -0.05) is 39.8 Å². The molecule has 3 aromatic rings. The Kier molecular flexibility index (Phi) is 3.89. The number of hydrogen-bond donors (Lipinski definition) is 2. The number of carbonyl (C=O) groups excluding carboxylic acids is 1. The van der Waals surface area contributed by atoms with Crippen LogP contribution in [0.3, 0.4) is 0 Å². The Bertz CT molecular complexity index is 856. The molecule has 0 aliphatic rings. The quantitative estimate of drug-likeness (QED) is 0.421. The van der Waals surface area contributed by atoms with E-state index in [1.165, 1.54) is 18.0 Å². The number of fused-ring (bicyclic) bond motifs is 1. The molecule has 0 atom stereocenters. The third-order valence-corrected chi connectivity index (χ3v) is 4.21. The van der Waals surface area contributed by atoms with Crippen LogP contribution in [0.1, 0.15) is 10.4 Å². The molecule has 2 N–H and O–H groups in total. The monoisotopic (exact) mass is 364 g/mol. The van der Waals surface area contributed by atoms with Crippen molar-refractivity contribution < 1.29 is 4.79 Å². The molecular weight excluding hydrogens is 356 g/mol. The highest BCUT2D eigenvalue weighted by molar-refractivity contribution is 9.10. The minimum Gasteiger partial charge on any atom is -0.301 e. The van der Waals surface area contributed by atoms with E-state index in [1.807, 2.05) is 12.1 Å². The van der Waals surface area contributed by atoms with Gasteiger partial charge in [-0.2, -0.15) is 5.10 Å². The Morgan fingerprint density at radius 1 is 1.29 bits per heavy atom. The van der Waals surface area contributed by atoms with Crippen molar-refractivity contribution in [1.82, 2.24) is 20.2 Å². The summed E-state index contributed by atoms with van der Waals surface area (Å²) in [6.45, 7) is 0. The molecule has 8 heteroatoms. The zero-order chi connectivity index (χ0) is 14.8. The molecule has 0 aliphatic heterocycles. The summed E-state index contributed by atoms with van der Waals surface area (Å²) in [6, 6.07) is 7.13. The van der Waals surface area contributed by atoms with Gasteiger partial charge in [0.05, 0.1) is 11.9 Å². The molecular formula is C13H9BrN4O2S. The molecule has 0 aliphatic carbocycles. The number of benzene rings is 1. The number of thioether (sulfide) groups is 1. The second-order valence-electron chi connectivity index (χ2n) is 4.22. The lowest BCUT2D eigenvalue weighted by atomic mass is 10.2. The third kappa shape index (κ3) is 3.06. The predicted octanol–water partition coefficient (Wildman–Crippen LogP) is 2.38. The molecule has 2 heterocycles. The summed E-state index contributed by atoms with van der Waals surface area (Å²) < 4.78 is 0.919. The molecule has 0 unspecified atom stereocenters. The van der Waals surface area contributed by atoms with Crippen molar-refractivity contribution in [3.63, 3.8) is 0 Å². The summed E-state index contributed by atoms with van der Waals surface area (Å²) in [4.78, 5) is 30.6. The average Bonchev–Trinajstić information content (AvgIpc) is 2.94. The zero-order valence-corrected chi connectivity index (χ0v) is 13.0. The maximum absolute atomic E-state index is 12.1. The second-order valence-corrected chi connectivity index (χ2v) is 6.10. The Morgan fingerprint density at radius 3 is 2.81 bits per heavy atom. The van der Waals surface area contributed by atoms with Crippen molar-refractivity contribution in [2.45, 2.75) is 5.16 Å². The Hall–Kier alpha value is -1.93. The van der Waals surface area contributed by atoms with Crippen molar-refractivity contribution >= 4 is 44.5 Å². The van der Waals surface area contributed by atoms with E-state index in [2.05, 4.69) is 36.1 Å². The van der Waals surface area contributed by atoms with Gasteiger partial charge in [0.15, 0.2) is 16.6 Å². The first kappa shape index (κ1) is 14.0. The topological polar surface area (TPSA) is 91.5 Å². The van der Waals surface area contributed by atoms with Gasteiger partial charge in [-0.05, 0) is 12.1 Å². The van der Waals surface area contributed by atoms with Crippen LogP contribution in [-0.2, 0) is 0 Å². The van der Waals surface area contributed by atoms with Crippen LogP contribution in [-0.4, -0.2) is 31.7 Å². The summed E-state index contributed by atoms with van der Waals surface area (Å²) in [6.07, 6.45) is 1.42. The molecule has 3 rings (SSSR count). The molecule has 0 radical (unpaired) electrons. The van der Waals surface area contributed by atoms with Crippen LogP contribution in [0, 0.1) is 0 Å². The van der Waals surface area contributed by atoms with E-state index >= 15 is 0 Å². The fraction of sp³-hybridized carbons (Fsp3) is 0.0769. The molecule has 0 spiro atoms. The first-order valence-electron chi connectivity index (χ1n) is 5.98. The van der Waals surface area contributed by atoms with Crippen LogP contribution in [0.5, 0.6) is 0 Å². The molecule has 0 saturated carbocycles. The summed E-state index contributed by atoms with van der Waals surface area (Å²) in [5, 5.41) is 7.20. The fourth-order valence-corrected chi connectivity index (χ4v) is 2.77. The molecule has 0 saturated heterocycles. The molecule has 0 amide bonds. The number of nitrogens with one attached hydrogen (secondary N) is 2. The van der Waals surface area contributed by atoms with Gasteiger partial charge in [-0.15, -0.1) is 0 Å². The Morgan fingerprint density at radius 2 is 2.05 bits per heavy atom. The van der Waals surface area contributed by atoms with Crippen molar-refractivity contribution in [3.8, 4) is 0 Å². The molecule has 106 valence electrons. The number of ketones is 1. The molecule has 0 bridgehead atoms. The zero-order valence-electron chi connectivity index (χ0n) is 10.6. The van der Waals surface area contributed by atoms with E-state index < -0.39 is 0 Å². The smallest absolute Gasteiger partial charge is 0.262 e. The number of H-pyrrole nitrogens is 2. The molecule has 21 heavy (non-hydrogen) atoms. The Balaban J connectivity index is 1.75. The van der Waals surface area contributed by atoms with Crippen molar-refractivity contribution in [3.05, 3.63) is 50.9 Å². The number of Topliss-reactive ketones (excluding diaryl/α,β-unsaturated/α-hetero) is 1.